The standard InChI is InChI=1S/C21H12ClF5N6O/c22-16-7-14(17(24)8-13(16)12-2-1-10(23)5-18(12)28)20(34)32-11-6-15(21(25,26)27)19(29-9-11)33-30-3-4-31-33/h1-9H,28H2,(H,32,34). The first kappa shape index (κ1) is 23.1. The molecule has 2 heterocycles. The third-order valence-corrected chi connectivity index (χ3v) is 4.96. The van der Waals surface area contributed by atoms with Crippen molar-refractivity contribution in [3.8, 4) is 16.9 Å². The van der Waals surface area contributed by atoms with Crippen molar-refractivity contribution in [1.29, 1.82) is 0 Å². The second-order valence-electron chi connectivity index (χ2n) is 6.91. The maximum atomic E-state index is 14.7. The minimum atomic E-state index is -4.85. The fourth-order valence-electron chi connectivity index (χ4n) is 3.12. The van der Waals surface area contributed by atoms with Crippen LogP contribution >= 0.6 is 11.6 Å². The molecule has 0 bridgehead atoms. The number of alkyl halides is 3. The van der Waals surface area contributed by atoms with Gasteiger partial charge in [0.05, 0.1) is 29.8 Å². The number of hydrogen-bond acceptors (Lipinski definition) is 5. The number of carbonyl (C=O) groups is 1. The summed E-state index contributed by atoms with van der Waals surface area (Å²) in [7, 11) is 0. The molecule has 13 heteroatoms. The van der Waals surface area contributed by atoms with Crippen molar-refractivity contribution < 1.29 is 26.7 Å². The molecule has 174 valence electrons. The van der Waals surface area contributed by atoms with Crippen LogP contribution < -0.4 is 11.1 Å². The van der Waals surface area contributed by atoms with Crippen molar-refractivity contribution in [2.24, 2.45) is 0 Å². The third kappa shape index (κ3) is 4.53. The molecule has 0 saturated carbocycles. The number of aromatic nitrogens is 4. The van der Waals surface area contributed by atoms with Crippen LogP contribution in [0.15, 0.2) is 55.0 Å². The minimum Gasteiger partial charge on any atom is -0.398 e. The highest BCUT2D eigenvalue weighted by molar-refractivity contribution is 6.34. The van der Waals surface area contributed by atoms with Crippen molar-refractivity contribution in [2.75, 3.05) is 11.1 Å². The summed E-state index contributed by atoms with van der Waals surface area (Å²) in [6.45, 7) is 0. The fourth-order valence-corrected chi connectivity index (χ4v) is 3.39. The van der Waals surface area contributed by atoms with E-state index >= 15 is 0 Å². The quantitative estimate of drug-likeness (QED) is 0.303. The van der Waals surface area contributed by atoms with Gasteiger partial charge in [-0.25, -0.2) is 13.8 Å². The maximum absolute atomic E-state index is 14.7. The lowest BCUT2D eigenvalue weighted by atomic mass is 10.0. The number of nitrogens with two attached hydrogens (primary N) is 1. The van der Waals surface area contributed by atoms with Crippen LogP contribution in [0.25, 0.3) is 16.9 Å². The Morgan fingerprint density at radius 1 is 1.03 bits per heavy atom. The summed E-state index contributed by atoms with van der Waals surface area (Å²) in [6.07, 6.45) is -1.55. The van der Waals surface area contributed by atoms with Crippen LogP contribution in [0.4, 0.5) is 33.3 Å². The highest BCUT2D eigenvalue weighted by Crippen LogP contribution is 2.36. The molecule has 1 amide bonds. The molecule has 0 radical (unpaired) electrons. The molecule has 2 aromatic heterocycles. The van der Waals surface area contributed by atoms with Crippen LogP contribution in [-0.2, 0) is 6.18 Å². The predicted octanol–water partition coefficient (Wildman–Crippen LogP) is 5.11. The van der Waals surface area contributed by atoms with E-state index in [2.05, 4.69) is 20.5 Å². The minimum absolute atomic E-state index is 0.00369. The summed E-state index contributed by atoms with van der Waals surface area (Å²) in [6, 6.07) is 5.96. The van der Waals surface area contributed by atoms with Crippen LogP contribution in [-0.4, -0.2) is 25.9 Å². The van der Waals surface area contributed by atoms with Crippen LogP contribution in [0.5, 0.6) is 0 Å². The average molecular weight is 495 g/mol. The first-order valence-corrected chi connectivity index (χ1v) is 9.72. The van der Waals surface area contributed by atoms with E-state index in [0.29, 0.717) is 10.9 Å². The summed E-state index contributed by atoms with van der Waals surface area (Å²) < 4.78 is 68.6. The van der Waals surface area contributed by atoms with E-state index in [1.807, 2.05) is 0 Å². The molecule has 0 unspecified atom stereocenters. The smallest absolute Gasteiger partial charge is 0.398 e. The molecule has 0 aliphatic heterocycles. The zero-order chi connectivity index (χ0) is 24.6. The Morgan fingerprint density at radius 3 is 2.38 bits per heavy atom. The molecule has 0 spiro atoms. The van der Waals surface area contributed by atoms with Crippen molar-refractivity contribution in [1.82, 2.24) is 20.0 Å². The average Bonchev–Trinajstić information content (AvgIpc) is 3.29. The van der Waals surface area contributed by atoms with E-state index in [0.717, 1.165) is 30.5 Å². The largest absolute Gasteiger partial charge is 0.420 e. The maximum Gasteiger partial charge on any atom is 0.420 e. The molecule has 2 aromatic carbocycles. The molecule has 0 fully saturated rings. The Hall–Kier alpha value is -4.06. The fraction of sp³-hybridized carbons (Fsp3) is 0.0476. The SMILES string of the molecule is Nc1cc(F)ccc1-c1cc(F)c(C(=O)Nc2cnc(-n3nccn3)c(C(F)(F)F)c2)cc1Cl. The number of halogens is 6. The molecule has 7 nitrogen and oxygen atoms in total. The van der Waals surface area contributed by atoms with Gasteiger partial charge in [-0.2, -0.15) is 23.4 Å². The van der Waals surface area contributed by atoms with Gasteiger partial charge >= 0.3 is 6.18 Å². The van der Waals surface area contributed by atoms with Crippen molar-refractivity contribution >= 4 is 28.9 Å². The van der Waals surface area contributed by atoms with Gasteiger partial charge in [0.2, 0.25) is 0 Å². The first-order valence-electron chi connectivity index (χ1n) is 9.34. The molecule has 0 saturated heterocycles. The summed E-state index contributed by atoms with van der Waals surface area (Å²) in [4.78, 5) is 17.0. The number of nitrogens with one attached hydrogen (secondary N) is 1. The number of hydrogen-bond donors (Lipinski definition) is 2. The number of pyridine rings is 1. The zero-order valence-electron chi connectivity index (χ0n) is 16.7. The molecular formula is C21H12ClF5N6O. The van der Waals surface area contributed by atoms with Gasteiger partial charge in [0, 0.05) is 21.8 Å². The lowest BCUT2D eigenvalue weighted by Gasteiger charge is -2.14. The van der Waals surface area contributed by atoms with Crippen LogP contribution in [0.2, 0.25) is 5.02 Å². The highest BCUT2D eigenvalue weighted by Gasteiger charge is 2.36. The second-order valence-corrected chi connectivity index (χ2v) is 7.32. The van der Waals surface area contributed by atoms with Gasteiger partial charge < -0.3 is 11.1 Å². The molecule has 3 N–H and O–H groups in total. The number of nitrogens with zero attached hydrogens (tertiary/aromatic N) is 4. The van der Waals surface area contributed by atoms with Gasteiger partial charge in [-0.15, -0.1) is 4.80 Å². The van der Waals surface area contributed by atoms with E-state index in [9.17, 15) is 26.7 Å². The van der Waals surface area contributed by atoms with Crippen LogP contribution in [0.3, 0.4) is 0 Å². The Labute approximate surface area is 193 Å². The van der Waals surface area contributed by atoms with Gasteiger partial charge in [0.1, 0.15) is 17.2 Å². The van der Waals surface area contributed by atoms with E-state index < -0.39 is 40.7 Å². The van der Waals surface area contributed by atoms with Gasteiger partial charge in [-0.3, -0.25) is 4.79 Å². The Bertz CT molecular complexity index is 1390. The number of carbonyl (C=O) groups excluding carboxylic acids is 1. The van der Waals surface area contributed by atoms with Crippen molar-refractivity contribution in [3.05, 3.63) is 82.8 Å². The molecule has 4 aromatic rings. The predicted molar refractivity (Wildman–Crippen MR) is 113 cm³/mol. The van der Waals surface area contributed by atoms with Crippen molar-refractivity contribution in [3.63, 3.8) is 0 Å². The molecule has 0 aliphatic carbocycles. The summed E-state index contributed by atoms with van der Waals surface area (Å²) in [5.74, 6) is -3.30. The molecule has 34 heavy (non-hydrogen) atoms. The lowest BCUT2D eigenvalue weighted by molar-refractivity contribution is -0.137. The Morgan fingerprint density at radius 2 is 1.74 bits per heavy atom. The Kier molecular flexibility index (Phi) is 5.92. The number of benzene rings is 2. The molecule has 0 aliphatic rings. The summed E-state index contributed by atoms with van der Waals surface area (Å²) >= 11 is 6.18. The number of rotatable bonds is 4. The van der Waals surface area contributed by atoms with Crippen LogP contribution in [0, 0.1) is 11.6 Å². The number of nitrogen functional groups attached to an aromatic ring is 1. The topological polar surface area (TPSA) is 98.7 Å². The number of amides is 1. The van der Waals surface area contributed by atoms with Gasteiger partial charge in [-0.1, -0.05) is 11.6 Å². The normalized spacial score (nSPS) is 11.5. The molecule has 0 atom stereocenters. The number of anilines is 2. The zero-order valence-corrected chi connectivity index (χ0v) is 17.5. The first-order chi connectivity index (χ1) is 16.0. The second kappa shape index (κ2) is 8.71. The third-order valence-electron chi connectivity index (χ3n) is 4.64. The summed E-state index contributed by atoms with van der Waals surface area (Å²) in [5.41, 5.74) is 3.98. The van der Waals surface area contributed by atoms with Crippen LogP contribution in [0.1, 0.15) is 15.9 Å². The molecular weight excluding hydrogens is 483 g/mol. The van der Waals surface area contributed by atoms with E-state index in [4.69, 9.17) is 17.3 Å². The Balaban J connectivity index is 1.66. The van der Waals surface area contributed by atoms with Gasteiger partial charge in [0.15, 0.2) is 5.82 Å². The van der Waals surface area contributed by atoms with E-state index in [-0.39, 0.29) is 27.5 Å². The van der Waals surface area contributed by atoms with E-state index in [1.54, 1.807) is 0 Å². The van der Waals surface area contributed by atoms with Gasteiger partial charge in [0.25, 0.3) is 5.91 Å². The lowest BCUT2D eigenvalue weighted by Crippen LogP contribution is -2.18. The van der Waals surface area contributed by atoms with Gasteiger partial charge in [-0.05, 0) is 36.4 Å². The van der Waals surface area contributed by atoms with Crippen molar-refractivity contribution in [2.45, 2.75) is 6.18 Å². The molecule has 4 rings (SSSR count). The van der Waals surface area contributed by atoms with E-state index in [1.165, 1.54) is 18.5 Å². The highest BCUT2D eigenvalue weighted by atomic mass is 35.5. The summed E-state index contributed by atoms with van der Waals surface area (Å²) in [5, 5.41) is 9.33. The monoisotopic (exact) mass is 494 g/mol.